The number of hydrazone groups is 1. The molecule has 0 spiro atoms. The average molecular weight is 630 g/mol. The summed E-state index contributed by atoms with van der Waals surface area (Å²) < 4.78 is 16.0. The van der Waals surface area contributed by atoms with Gasteiger partial charge in [0, 0.05) is 37.3 Å². The largest absolute Gasteiger partial charge is 0.493 e. The maximum atomic E-state index is 12.6. The molecular weight excluding hydrogens is 608 g/mol. The predicted molar refractivity (Wildman–Crippen MR) is 156 cm³/mol. The number of nitrogens with zero attached hydrogens (tertiary/aromatic N) is 2. The number of hydrogen-bond acceptors (Lipinski definition) is 9. The Labute approximate surface area is 241 Å². The minimum absolute atomic E-state index is 0.258. The number of aromatic nitrogens is 1. The summed E-state index contributed by atoms with van der Waals surface area (Å²) in [6.07, 6.45) is 1.47. The zero-order chi connectivity index (χ0) is 27.8. The molecule has 0 saturated carbocycles. The predicted octanol–water partition coefficient (Wildman–Crippen LogP) is 6.29. The fourth-order valence-corrected chi connectivity index (χ4v) is 4.55. The van der Waals surface area contributed by atoms with Gasteiger partial charge in [0.15, 0.2) is 23.2 Å². The van der Waals surface area contributed by atoms with Gasteiger partial charge in [-0.05, 0) is 64.5 Å². The molecule has 1 amide bonds. The van der Waals surface area contributed by atoms with E-state index in [4.69, 9.17) is 21.1 Å². The number of esters is 1. The SMILES string of the molecule is COC(=O)COc1cc(Br)c(/C=N\NC(=O)c2ccc(-c3csc(Nc4ccc(Cl)cc4)n3)cc2)cc1OC. The Morgan fingerprint density at radius 2 is 1.82 bits per heavy atom. The second-order valence-corrected chi connectivity index (χ2v) is 9.98. The van der Waals surface area contributed by atoms with Crippen LogP contribution >= 0.6 is 38.9 Å². The Bertz CT molecular complexity index is 1490. The van der Waals surface area contributed by atoms with Crippen LogP contribution in [0.1, 0.15) is 15.9 Å². The van der Waals surface area contributed by atoms with Crippen LogP contribution in [-0.4, -0.2) is 43.9 Å². The van der Waals surface area contributed by atoms with Gasteiger partial charge in [-0.3, -0.25) is 4.79 Å². The molecule has 2 N–H and O–H groups in total. The van der Waals surface area contributed by atoms with Crippen LogP contribution in [0.3, 0.4) is 0 Å². The van der Waals surface area contributed by atoms with Crippen LogP contribution in [0.4, 0.5) is 10.8 Å². The minimum Gasteiger partial charge on any atom is -0.493 e. The summed E-state index contributed by atoms with van der Waals surface area (Å²) in [5.74, 6) is -0.151. The third-order valence-electron chi connectivity index (χ3n) is 5.27. The Kier molecular flexibility index (Phi) is 9.53. The number of nitrogens with one attached hydrogen (secondary N) is 2. The lowest BCUT2D eigenvalue weighted by Gasteiger charge is -2.11. The molecule has 1 heterocycles. The van der Waals surface area contributed by atoms with Gasteiger partial charge in [0.05, 0.1) is 26.1 Å². The van der Waals surface area contributed by atoms with Gasteiger partial charge in [0.25, 0.3) is 5.91 Å². The lowest BCUT2D eigenvalue weighted by molar-refractivity contribution is -0.142. The maximum Gasteiger partial charge on any atom is 0.343 e. The van der Waals surface area contributed by atoms with Crippen LogP contribution < -0.4 is 20.2 Å². The molecule has 0 saturated heterocycles. The number of thiazole rings is 1. The minimum atomic E-state index is -0.517. The van der Waals surface area contributed by atoms with Gasteiger partial charge in [-0.25, -0.2) is 15.2 Å². The Morgan fingerprint density at radius 3 is 2.51 bits per heavy atom. The van der Waals surface area contributed by atoms with Crippen LogP contribution in [0.25, 0.3) is 11.3 Å². The smallest absolute Gasteiger partial charge is 0.343 e. The van der Waals surface area contributed by atoms with E-state index in [0.29, 0.717) is 32.1 Å². The van der Waals surface area contributed by atoms with Gasteiger partial charge in [0.2, 0.25) is 0 Å². The van der Waals surface area contributed by atoms with Crippen molar-refractivity contribution < 1.29 is 23.8 Å². The number of halogens is 2. The fourth-order valence-electron chi connectivity index (χ4n) is 3.26. The highest BCUT2D eigenvalue weighted by molar-refractivity contribution is 9.10. The third-order valence-corrected chi connectivity index (χ3v) is 6.96. The average Bonchev–Trinajstić information content (AvgIpc) is 3.42. The molecule has 0 fully saturated rings. The second kappa shape index (κ2) is 13.2. The monoisotopic (exact) mass is 628 g/mol. The summed E-state index contributed by atoms with van der Waals surface area (Å²) in [5.41, 5.74) is 6.13. The first-order chi connectivity index (χ1) is 18.9. The number of ether oxygens (including phenoxy) is 3. The summed E-state index contributed by atoms with van der Waals surface area (Å²) in [4.78, 5) is 28.6. The molecule has 1 aromatic heterocycles. The molecule has 0 bridgehead atoms. The molecule has 0 aliphatic rings. The van der Waals surface area contributed by atoms with E-state index in [1.807, 2.05) is 41.8 Å². The van der Waals surface area contributed by atoms with E-state index in [0.717, 1.165) is 22.1 Å². The summed E-state index contributed by atoms with van der Waals surface area (Å²) in [6.45, 7) is -0.258. The molecule has 0 aliphatic heterocycles. The van der Waals surface area contributed by atoms with Gasteiger partial charge >= 0.3 is 5.97 Å². The molecule has 0 aliphatic carbocycles. The van der Waals surface area contributed by atoms with E-state index in [1.54, 1.807) is 24.3 Å². The molecule has 3 aromatic carbocycles. The van der Waals surface area contributed by atoms with Gasteiger partial charge in [-0.2, -0.15) is 5.10 Å². The normalized spacial score (nSPS) is 10.8. The molecule has 12 heteroatoms. The number of anilines is 2. The highest BCUT2D eigenvalue weighted by atomic mass is 79.9. The molecule has 4 rings (SSSR count). The van der Waals surface area contributed by atoms with Crippen molar-refractivity contribution in [1.29, 1.82) is 0 Å². The van der Waals surface area contributed by atoms with Crippen molar-refractivity contribution in [3.05, 3.63) is 86.7 Å². The topological polar surface area (TPSA) is 111 Å². The molecule has 0 radical (unpaired) electrons. The van der Waals surface area contributed by atoms with E-state index in [-0.39, 0.29) is 12.5 Å². The Hall–Kier alpha value is -3.93. The number of carbonyl (C=O) groups excluding carboxylic acids is 2. The van der Waals surface area contributed by atoms with E-state index in [1.165, 1.54) is 31.8 Å². The zero-order valence-electron chi connectivity index (χ0n) is 20.7. The zero-order valence-corrected chi connectivity index (χ0v) is 23.9. The number of amides is 1. The summed E-state index contributed by atoms with van der Waals surface area (Å²) in [6, 6.07) is 17.7. The van der Waals surface area contributed by atoms with Crippen LogP contribution in [0, 0.1) is 0 Å². The van der Waals surface area contributed by atoms with Crippen molar-refractivity contribution >= 4 is 67.8 Å². The molecule has 4 aromatic rings. The quantitative estimate of drug-likeness (QED) is 0.120. The lowest BCUT2D eigenvalue weighted by Crippen LogP contribution is -2.17. The Balaban J connectivity index is 1.36. The first kappa shape index (κ1) is 28.1. The van der Waals surface area contributed by atoms with Crippen molar-refractivity contribution in [2.75, 3.05) is 26.1 Å². The summed E-state index contributed by atoms with van der Waals surface area (Å²) in [5, 5.41) is 10.6. The second-order valence-electron chi connectivity index (χ2n) is 7.84. The van der Waals surface area contributed by atoms with Crippen molar-refractivity contribution in [1.82, 2.24) is 10.4 Å². The van der Waals surface area contributed by atoms with Gasteiger partial charge < -0.3 is 19.5 Å². The van der Waals surface area contributed by atoms with E-state index >= 15 is 0 Å². The highest BCUT2D eigenvalue weighted by Gasteiger charge is 2.12. The van der Waals surface area contributed by atoms with Gasteiger partial charge in [0.1, 0.15) is 0 Å². The van der Waals surface area contributed by atoms with Crippen LogP contribution in [0.2, 0.25) is 5.02 Å². The molecular formula is C27H22BrClN4O5S. The number of benzene rings is 3. The van der Waals surface area contributed by atoms with Crippen molar-refractivity contribution in [3.8, 4) is 22.8 Å². The van der Waals surface area contributed by atoms with Gasteiger partial charge in [-0.15, -0.1) is 11.3 Å². The number of methoxy groups -OCH3 is 2. The van der Waals surface area contributed by atoms with Gasteiger partial charge in [-0.1, -0.05) is 23.7 Å². The maximum absolute atomic E-state index is 12.6. The first-order valence-electron chi connectivity index (χ1n) is 11.4. The van der Waals surface area contributed by atoms with Crippen LogP contribution in [0.15, 0.2) is 75.6 Å². The van der Waals surface area contributed by atoms with Crippen LogP contribution in [-0.2, 0) is 9.53 Å². The number of rotatable bonds is 10. The van der Waals surface area contributed by atoms with Crippen molar-refractivity contribution in [3.63, 3.8) is 0 Å². The third kappa shape index (κ3) is 7.56. The number of hydrogen-bond donors (Lipinski definition) is 2. The molecule has 200 valence electrons. The van der Waals surface area contributed by atoms with E-state index < -0.39 is 5.97 Å². The highest BCUT2D eigenvalue weighted by Crippen LogP contribution is 2.33. The van der Waals surface area contributed by atoms with E-state index in [9.17, 15) is 9.59 Å². The Morgan fingerprint density at radius 1 is 1.08 bits per heavy atom. The van der Waals surface area contributed by atoms with Crippen molar-refractivity contribution in [2.45, 2.75) is 0 Å². The fraction of sp³-hybridized carbons (Fsp3) is 0.111. The molecule has 9 nitrogen and oxygen atoms in total. The number of carbonyl (C=O) groups is 2. The van der Waals surface area contributed by atoms with E-state index in [2.05, 4.69) is 41.5 Å². The van der Waals surface area contributed by atoms with Crippen LogP contribution in [0.5, 0.6) is 11.5 Å². The molecule has 0 atom stereocenters. The van der Waals surface area contributed by atoms with Crippen molar-refractivity contribution in [2.24, 2.45) is 5.10 Å². The first-order valence-corrected chi connectivity index (χ1v) is 13.4. The summed E-state index contributed by atoms with van der Waals surface area (Å²) >= 11 is 10.8. The lowest BCUT2D eigenvalue weighted by atomic mass is 10.1. The summed E-state index contributed by atoms with van der Waals surface area (Å²) in [7, 11) is 2.75. The standard InChI is InChI=1S/C27H22BrClN4O5S/c1-36-23-11-18(21(28)12-24(23)38-14-25(34)37-2)13-30-33-26(35)17-5-3-16(4-6-17)22-15-39-27(32-22)31-20-9-7-19(29)8-10-20/h3-13,15H,14H2,1-2H3,(H,31,32)(H,33,35)/b30-13-. The molecule has 39 heavy (non-hydrogen) atoms. The molecule has 0 unspecified atom stereocenters.